The Morgan fingerprint density at radius 2 is 1.59 bits per heavy atom. The first kappa shape index (κ1) is 15.4. The Hall–Kier alpha value is -3.04. The molecular formula is C12H12N2O8. The van der Waals surface area contributed by atoms with Crippen molar-refractivity contribution >= 4 is 24.1 Å². The Morgan fingerprint density at radius 1 is 1.14 bits per heavy atom. The molecule has 1 aromatic heterocycles. The maximum absolute atomic E-state index is 11.5. The number of nitrogens with one attached hydrogen (secondary N) is 1. The Labute approximate surface area is 123 Å². The van der Waals surface area contributed by atoms with Crippen molar-refractivity contribution in [3.63, 3.8) is 0 Å². The highest BCUT2D eigenvalue weighted by Crippen LogP contribution is 2.50. The van der Waals surface area contributed by atoms with E-state index in [1.165, 1.54) is 0 Å². The van der Waals surface area contributed by atoms with Crippen molar-refractivity contribution in [3.05, 3.63) is 0 Å². The third-order valence-corrected chi connectivity index (χ3v) is 2.90. The molecule has 0 bridgehead atoms. The van der Waals surface area contributed by atoms with Crippen molar-refractivity contribution in [1.82, 2.24) is 9.88 Å². The average molecular weight is 312 g/mol. The topological polar surface area (TPSA) is 144 Å². The zero-order valence-corrected chi connectivity index (χ0v) is 11.5. The molecule has 1 aromatic rings. The van der Waals surface area contributed by atoms with Crippen LogP contribution in [0.25, 0.3) is 0 Å². The number of aldehydes is 1. The van der Waals surface area contributed by atoms with Gasteiger partial charge in [-0.05, 0) is 0 Å². The van der Waals surface area contributed by atoms with Crippen LogP contribution in [0.5, 0.6) is 23.3 Å². The van der Waals surface area contributed by atoms with E-state index in [2.05, 4.69) is 5.32 Å². The number of nitrogens with zero attached hydrogens (tertiary/aromatic N) is 1. The van der Waals surface area contributed by atoms with Gasteiger partial charge in [0, 0.05) is 13.8 Å². The Bertz CT molecular complexity index is 638. The summed E-state index contributed by atoms with van der Waals surface area (Å²) in [6, 6.07) is -2.25. The number of amides is 1. The number of aromatic hydroxyl groups is 2. The lowest BCUT2D eigenvalue weighted by Gasteiger charge is -2.34. The third kappa shape index (κ3) is 2.34. The van der Waals surface area contributed by atoms with Gasteiger partial charge in [0.25, 0.3) is 0 Å². The monoisotopic (exact) mass is 312 g/mol. The fourth-order valence-corrected chi connectivity index (χ4v) is 2.04. The van der Waals surface area contributed by atoms with Crippen LogP contribution in [-0.4, -0.2) is 45.0 Å². The van der Waals surface area contributed by atoms with Gasteiger partial charge in [0.05, 0.1) is 0 Å². The van der Waals surface area contributed by atoms with Crippen LogP contribution < -0.4 is 14.8 Å². The van der Waals surface area contributed by atoms with Crippen LogP contribution in [0.4, 0.5) is 0 Å². The first-order valence-electron chi connectivity index (χ1n) is 6.06. The Kier molecular flexibility index (Phi) is 3.76. The predicted octanol–water partition coefficient (Wildman–Crippen LogP) is -1.01. The summed E-state index contributed by atoms with van der Waals surface area (Å²) in [5.74, 6) is -5.25. The van der Waals surface area contributed by atoms with Crippen molar-refractivity contribution in [3.8, 4) is 23.3 Å². The molecule has 0 saturated carbocycles. The van der Waals surface area contributed by atoms with Crippen molar-refractivity contribution in [2.45, 2.75) is 25.9 Å². The molecule has 118 valence electrons. The maximum atomic E-state index is 11.5. The van der Waals surface area contributed by atoms with E-state index in [4.69, 9.17) is 9.47 Å². The molecule has 22 heavy (non-hydrogen) atoms. The smallest absolute Gasteiger partial charge is 0.308 e. The van der Waals surface area contributed by atoms with E-state index < -0.39 is 53.2 Å². The normalized spacial score (nSPS) is 19.8. The number of aromatic nitrogens is 1. The summed E-state index contributed by atoms with van der Waals surface area (Å²) < 4.78 is 10.0. The van der Waals surface area contributed by atoms with E-state index in [1.807, 2.05) is 0 Å². The van der Waals surface area contributed by atoms with Gasteiger partial charge in [-0.3, -0.25) is 19.0 Å². The summed E-state index contributed by atoms with van der Waals surface area (Å²) in [7, 11) is 0. The summed E-state index contributed by atoms with van der Waals surface area (Å²) >= 11 is 0. The highest BCUT2D eigenvalue weighted by atomic mass is 16.6. The lowest BCUT2D eigenvalue weighted by Crippen LogP contribution is -2.59. The van der Waals surface area contributed by atoms with E-state index in [0.717, 1.165) is 13.8 Å². The molecule has 2 unspecified atom stereocenters. The second-order valence-electron chi connectivity index (χ2n) is 4.48. The molecule has 2 rings (SSSR count). The molecule has 0 aliphatic carbocycles. The number of esters is 2. The molecular weight excluding hydrogens is 300 g/mol. The lowest BCUT2D eigenvalue weighted by atomic mass is 10.0. The Balaban J connectivity index is 2.57. The number of carbonyl (C=O) groups excluding carboxylic acids is 4. The van der Waals surface area contributed by atoms with Crippen molar-refractivity contribution < 1.29 is 38.9 Å². The minimum Gasteiger partial charge on any atom is -0.492 e. The molecule has 1 aliphatic heterocycles. The van der Waals surface area contributed by atoms with Gasteiger partial charge in [-0.2, -0.15) is 0 Å². The summed E-state index contributed by atoms with van der Waals surface area (Å²) in [4.78, 5) is 44.5. The average Bonchev–Trinajstić information content (AvgIpc) is 2.61. The fourth-order valence-electron chi connectivity index (χ4n) is 2.04. The highest BCUT2D eigenvalue weighted by Gasteiger charge is 2.45. The van der Waals surface area contributed by atoms with Gasteiger partial charge in [0.2, 0.25) is 29.2 Å². The first-order chi connectivity index (χ1) is 10.3. The summed E-state index contributed by atoms with van der Waals surface area (Å²) in [5, 5.41) is 22.4. The fraction of sp³-hybridized carbons (Fsp3) is 0.333. The summed E-state index contributed by atoms with van der Waals surface area (Å²) in [6.45, 7) is 2.05. The molecule has 10 heteroatoms. The van der Waals surface area contributed by atoms with Gasteiger partial charge in [0.1, 0.15) is 18.4 Å². The molecule has 2 heterocycles. The molecule has 1 saturated heterocycles. The number of hydrogen-bond donors (Lipinski definition) is 3. The second-order valence-corrected chi connectivity index (χ2v) is 4.48. The van der Waals surface area contributed by atoms with Gasteiger partial charge in [-0.15, -0.1) is 0 Å². The van der Waals surface area contributed by atoms with Crippen LogP contribution in [-0.2, 0) is 19.2 Å². The maximum Gasteiger partial charge on any atom is 0.308 e. The van der Waals surface area contributed by atoms with Gasteiger partial charge >= 0.3 is 11.9 Å². The van der Waals surface area contributed by atoms with Gasteiger partial charge < -0.3 is 29.8 Å². The largest absolute Gasteiger partial charge is 0.492 e. The standard InChI is InChI=1S/C12H12N2O8/c1-4(16)21-8-9(22-5(2)17)12(20)14(11(8)19)7-6(3-15)13-10(7)18/h3,6-7,19-20H,1-2H3,(H,13,18). The van der Waals surface area contributed by atoms with E-state index in [-0.39, 0.29) is 0 Å². The van der Waals surface area contributed by atoms with E-state index in [0.29, 0.717) is 10.9 Å². The quantitative estimate of drug-likeness (QED) is 0.364. The zero-order valence-electron chi connectivity index (χ0n) is 11.5. The molecule has 10 nitrogen and oxygen atoms in total. The number of β-lactam (4-membered cyclic amide) rings is 1. The summed E-state index contributed by atoms with van der Waals surface area (Å²) in [5.41, 5.74) is 0. The predicted molar refractivity (Wildman–Crippen MR) is 67.4 cm³/mol. The van der Waals surface area contributed by atoms with Crippen LogP contribution in [0.1, 0.15) is 19.9 Å². The molecule has 0 spiro atoms. The lowest BCUT2D eigenvalue weighted by molar-refractivity contribution is -0.137. The number of carbonyl (C=O) groups is 4. The molecule has 1 aliphatic rings. The van der Waals surface area contributed by atoms with Gasteiger partial charge in [-0.25, -0.2) is 0 Å². The molecule has 0 aromatic carbocycles. The van der Waals surface area contributed by atoms with Crippen LogP contribution in [0.2, 0.25) is 0 Å². The molecule has 3 N–H and O–H groups in total. The number of hydrogen-bond acceptors (Lipinski definition) is 8. The van der Waals surface area contributed by atoms with Crippen LogP contribution in [0.3, 0.4) is 0 Å². The molecule has 0 radical (unpaired) electrons. The zero-order chi connectivity index (χ0) is 16.6. The van der Waals surface area contributed by atoms with E-state index >= 15 is 0 Å². The van der Waals surface area contributed by atoms with Crippen molar-refractivity contribution in [2.75, 3.05) is 0 Å². The van der Waals surface area contributed by atoms with Crippen LogP contribution >= 0.6 is 0 Å². The minimum atomic E-state index is -1.25. The first-order valence-corrected chi connectivity index (χ1v) is 6.06. The molecule has 1 amide bonds. The second kappa shape index (κ2) is 5.39. The van der Waals surface area contributed by atoms with Crippen molar-refractivity contribution in [1.29, 1.82) is 0 Å². The van der Waals surface area contributed by atoms with Gasteiger partial charge in [-0.1, -0.05) is 0 Å². The highest BCUT2D eigenvalue weighted by molar-refractivity contribution is 5.95. The minimum absolute atomic E-state index is 0.405. The van der Waals surface area contributed by atoms with E-state index in [1.54, 1.807) is 0 Å². The van der Waals surface area contributed by atoms with Crippen LogP contribution in [0.15, 0.2) is 0 Å². The molecule has 2 atom stereocenters. The van der Waals surface area contributed by atoms with Crippen LogP contribution in [0, 0.1) is 0 Å². The number of rotatable bonds is 4. The summed E-state index contributed by atoms with van der Waals surface area (Å²) in [6.07, 6.45) is 0.405. The van der Waals surface area contributed by atoms with Crippen molar-refractivity contribution in [2.24, 2.45) is 0 Å². The third-order valence-electron chi connectivity index (χ3n) is 2.90. The van der Waals surface area contributed by atoms with Gasteiger partial charge in [0.15, 0.2) is 0 Å². The number of ether oxygens (including phenoxy) is 2. The SMILES string of the molecule is CC(=O)Oc1c(OC(C)=O)c(O)n(C2C(=O)NC2C=O)c1O. The van der Waals surface area contributed by atoms with E-state index in [9.17, 15) is 29.4 Å². The molecule has 1 fully saturated rings. The Morgan fingerprint density at radius 3 is 1.91 bits per heavy atom.